The Labute approximate surface area is 123 Å². The number of nitro groups is 1. The second kappa shape index (κ2) is 6.51. The largest absolute Gasteiger partial charge is 0.350 e. The lowest BCUT2D eigenvalue weighted by Gasteiger charge is -2.33. The molecule has 0 saturated carbocycles. The van der Waals surface area contributed by atoms with Crippen LogP contribution in [0.3, 0.4) is 0 Å². The molecule has 0 amide bonds. The minimum absolute atomic E-state index is 0.0433. The van der Waals surface area contributed by atoms with Crippen molar-refractivity contribution in [2.75, 3.05) is 26.3 Å². The predicted molar refractivity (Wildman–Crippen MR) is 76.8 cm³/mol. The summed E-state index contributed by atoms with van der Waals surface area (Å²) in [6.07, 6.45) is 1.99. The van der Waals surface area contributed by atoms with Crippen molar-refractivity contribution in [3.63, 3.8) is 0 Å². The fourth-order valence-electron chi connectivity index (χ4n) is 3.10. The molecule has 0 N–H and O–H groups in total. The van der Waals surface area contributed by atoms with Crippen molar-refractivity contribution in [3.05, 3.63) is 39.9 Å². The highest BCUT2D eigenvalue weighted by Gasteiger charge is 2.30. The third kappa shape index (κ3) is 3.40. The van der Waals surface area contributed by atoms with Gasteiger partial charge in [-0.3, -0.25) is 15.0 Å². The van der Waals surface area contributed by atoms with Gasteiger partial charge in [-0.2, -0.15) is 0 Å². The van der Waals surface area contributed by atoms with E-state index in [0.717, 1.165) is 31.5 Å². The van der Waals surface area contributed by atoms with Gasteiger partial charge in [0.05, 0.1) is 18.1 Å². The minimum Gasteiger partial charge on any atom is -0.350 e. The van der Waals surface area contributed by atoms with Gasteiger partial charge in [-0.25, -0.2) is 0 Å². The van der Waals surface area contributed by atoms with Gasteiger partial charge in [0.15, 0.2) is 6.29 Å². The van der Waals surface area contributed by atoms with Crippen LogP contribution in [0, 0.1) is 16.0 Å². The van der Waals surface area contributed by atoms with Crippen molar-refractivity contribution < 1.29 is 14.4 Å². The van der Waals surface area contributed by atoms with Crippen LogP contribution >= 0.6 is 0 Å². The van der Waals surface area contributed by atoms with E-state index in [0.29, 0.717) is 25.7 Å². The molecule has 6 heteroatoms. The summed E-state index contributed by atoms with van der Waals surface area (Å²) in [5, 5.41) is 11.0. The third-order valence-electron chi connectivity index (χ3n) is 4.25. The van der Waals surface area contributed by atoms with Crippen LogP contribution in [0.5, 0.6) is 0 Å². The summed E-state index contributed by atoms with van der Waals surface area (Å²) in [5.74, 6) is 0.453. The number of benzene rings is 1. The molecule has 3 rings (SSSR count). The smallest absolute Gasteiger partial charge is 0.273 e. The molecule has 2 saturated heterocycles. The van der Waals surface area contributed by atoms with Crippen LogP contribution in [0.2, 0.25) is 0 Å². The van der Waals surface area contributed by atoms with Gasteiger partial charge in [-0.1, -0.05) is 18.2 Å². The van der Waals surface area contributed by atoms with Gasteiger partial charge in [0.1, 0.15) is 0 Å². The number of hydrogen-bond donors (Lipinski definition) is 0. The fourth-order valence-corrected chi connectivity index (χ4v) is 3.10. The first-order valence-corrected chi connectivity index (χ1v) is 7.42. The first-order chi connectivity index (χ1) is 10.2. The zero-order chi connectivity index (χ0) is 14.7. The Balaban J connectivity index is 1.57. The molecule has 2 fully saturated rings. The van der Waals surface area contributed by atoms with Crippen LogP contribution in [-0.4, -0.2) is 42.4 Å². The monoisotopic (exact) mass is 292 g/mol. The van der Waals surface area contributed by atoms with Crippen LogP contribution < -0.4 is 0 Å². The SMILES string of the molecule is O=[N+]([O-])c1ccccc1CN1CCC(C2OCCO2)CC1. The normalized spacial score (nSPS) is 21.7. The summed E-state index contributed by atoms with van der Waals surface area (Å²) in [7, 11) is 0. The second-order valence-electron chi connectivity index (χ2n) is 5.61. The number of rotatable bonds is 4. The summed E-state index contributed by atoms with van der Waals surface area (Å²) in [4.78, 5) is 13.0. The van der Waals surface area contributed by atoms with E-state index in [-0.39, 0.29) is 16.9 Å². The molecule has 0 aromatic heterocycles. The van der Waals surface area contributed by atoms with Crippen molar-refractivity contribution >= 4 is 5.69 Å². The van der Waals surface area contributed by atoms with E-state index in [9.17, 15) is 10.1 Å². The average molecular weight is 292 g/mol. The Morgan fingerprint density at radius 1 is 1.19 bits per heavy atom. The van der Waals surface area contributed by atoms with Gasteiger partial charge >= 0.3 is 0 Å². The van der Waals surface area contributed by atoms with Crippen LogP contribution in [0.15, 0.2) is 24.3 Å². The zero-order valence-electron chi connectivity index (χ0n) is 11.9. The summed E-state index contributed by atoms with van der Waals surface area (Å²) < 4.78 is 11.1. The van der Waals surface area contributed by atoms with Gasteiger partial charge in [0.2, 0.25) is 0 Å². The third-order valence-corrected chi connectivity index (χ3v) is 4.25. The summed E-state index contributed by atoms with van der Waals surface area (Å²) in [6, 6.07) is 6.98. The van der Waals surface area contributed by atoms with Crippen molar-refractivity contribution in [1.82, 2.24) is 4.90 Å². The van der Waals surface area contributed by atoms with Gasteiger partial charge in [0.25, 0.3) is 5.69 Å². The van der Waals surface area contributed by atoms with Gasteiger partial charge < -0.3 is 9.47 Å². The molecule has 0 atom stereocenters. The van der Waals surface area contributed by atoms with E-state index in [1.54, 1.807) is 12.1 Å². The molecule has 0 spiro atoms. The molecule has 1 aromatic carbocycles. The quantitative estimate of drug-likeness (QED) is 0.628. The average Bonchev–Trinajstić information content (AvgIpc) is 3.03. The first kappa shape index (κ1) is 14.4. The molecular weight excluding hydrogens is 272 g/mol. The lowest BCUT2D eigenvalue weighted by molar-refractivity contribution is -0.385. The molecule has 0 aliphatic carbocycles. The van der Waals surface area contributed by atoms with E-state index in [4.69, 9.17) is 9.47 Å². The summed E-state index contributed by atoms with van der Waals surface area (Å²) >= 11 is 0. The lowest BCUT2D eigenvalue weighted by Crippen LogP contribution is -2.37. The molecular formula is C15H20N2O4. The fraction of sp³-hybridized carbons (Fsp3) is 0.600. The Hall–Kier alpha value is -1.50. The van der Waals surface area contributed by atoms with Crippen LogP contribution in [0.4, 0.5) is 5.69 Å². The van der Waals surface area contributed by atoms with Crippen LogP contribution in [0.25, 0.3) is 0 Å². The molecule has 1 aromatic rings. The van der Waals surface area contributed by atoms with Gasteiger partial charge in [-0.15, -0.1) is 0 Å². The van der Waals surface area contributed by atoms with E-state index in [1.807, 2.05) is 12.1 Å². The minimum atomic E-state index is -0.303. The zero-order valence-corrected chi connectivity index (χ0v) is 11.9. The van der Waals surface area contributed by atoms with E-state index >= 15 is 0 Å². The highest BCUT2D eigenvalue weighted by Crippen LogP contribution is 2.27. The number of para-hydroxylation sites is 1. The van der Waals surface area contributed by atoms with Gasteiger partial charge in [-0.05, 0) is 25.9 Å². The molecule has 0 unspecified atom stereocenters. The van der Waals surface area contributed by atoms with Crippen molar-refractivity contribution in [2.45, 2.75) is 25.7 Å². The summed E-state index contributed by atoms with van der Waals surface area (Å²) in [5.41, 5.74) is 0.997. The maximum Gasteiger partial charge on any atom is 0.273 e. The Morgan fingerprint density at radius 2 is 1.86 bits per heavy atom. The summed E-state index contributed by atoms with van der Waals surface area (Å²) in [6.45, 7) is 3.89. The molecule has 2 aliphatic rings. The topological polar surface area (TPSA) is 64.8 Å². The van der Waals surface area contributed by atoms with Gasteiger partial charge in [0, 0.05) is 24.1 Å². The number of likely N-dealkylation sites (tertiary alicyclic amines) is 1. The number of nitrogens with zero attached hydrogens (tertiary/aromatic N) is 2. The Morgan fingerprint density at radius 3 is 2.52 bits per heavy atom. The maximum absolute atomic E-state index is 11.0. The number of ether oxygens (including phenoxy) is 2. The number of nitro benzene ring substituents is 1. The highest BCUT2D eigenvalue weighted by atomic mass is 16.7. The number of piperidine rings is 1. The molecule has 0 radical (unpaired) electrons. The standard InChI is InChI=1S/C15H20N2O4/c18-17(19)14-4-2-1-3-13(14)11-16-7-5-12(6-8-16)15-20-9-10-21-15/h1-4,12,15H,5-11H2. The lowest BCUT2D eigenvalue weighted by atomic mass is 9.95. The van der Waals surface area contributed by atoms with Crippen LogP contribution in [0.1, 0.15) is 18.4 Å². The second-order valence-corrected chi connectivity index (χ2v) is 5.61. The first-order valence-electron chi connectivity index (χ1n) is 7.42. The predicted octanol–water partition coefficient (Wildman–Crippen LogP) is 2.18. The molecule has 0 bridgehead atoms. The molecule has 21 heavy (non-hydrogen) atoms. The van der Waals surface area contributed by atoms with E-state index < -0.39 is 0 Å². The van der Waals surface area contributed by atoms with E-state index in [2.05, 4.69) is 4.90 Å². The van der Waals surface area contributed by atoms with Crippen molar-refractivity contribution in [2.24, 2.45) is 5.92 Å². The van der Waals surface area contributed by atoms with Crippen LogP contribution in [-0.2, 0) is 16.0 Å². The molecule has 2 heterocycles. The maximum atomic E-state index is 11.0. The number of hydrogen-bond acceptors (Lipinski definition) is 5. The van der Waals surface area contributed by atoms with Crippen molar-refractivity contribution in [3.8, 4) is 0 Å². The Kier molecular flexibility index (Phi) is 4.48. The van der Waals surface area contributed by atoms with Crippen molar-refractivity contribution in [1.29, 1.82) is 0 Å². The van der Waals surface area contributed by atoms with E-state index in [1.165, 1.54) is 0 Å². The Bertz CT molecular complexity index is 494. The molecule has 6 nitrogen and oxygen atoms in total. The molecule has 114 valence electrons. The molecule has 2 aliphatic heterocycles. The highest BCUT2D eigenvalue weighted by molar-refractivity contribution is 5.39.